The molecule has 0 atom stereocenters. The first-order valence-electron chi connectivity index (χ1n) is 5.77. The molecule has 0 aliphatic heterocycles. The maximum Gasteiger partial charge on any atom is 0.274 e. The Morgan fingerprint density at radius 3 is 2.75 bits per heavy atom. The third kappa shape index (κ3) is 3.13. The summed E-state index contributed by atoms with van der Waals surface area (Å²) in [6.07, 6.45) is 0. The Morgan fingerprint density at radius 2 is 2.05 bits per heavy atom. The molecule has 0 saturated heterocycles. The monoisotopic (exact) mass is 331 g/mol. The maximum absolute atomic E-state index is 10.9. The molecular formula is C14H10BrN3O2. The van der Waals surface area contributed by atoms with Crippen LogP contribution in [0, 0.1) is 21.4 Å². The molecule has 0 amide bonds. The van der Waals surface area contributed by atoms with Crippen molar-refractivity contribution in [2.45, 2.75) is 6.54 Å². The minimum Gasteiger partial charge on any atom is -0.380 e. The summed E-state index contributed by atoms with van der Waals surface area (Å²) in [6.45, 7) is 0.280. The van der Waals surface area contributed by atoms with Gasteiger partial charge in [0.05, 0.1) is 16.2 Å². The lowest BCUT2D eigenvalue weighted by Gasteiger charge is -2.09. The number of nitrogens with zero attached hydrogens (tertiary/aromatic N) is 2. The van der Waals surface area contributed by atoms with E-state index in [-0.39, 0.29) is 12.2 Å². The number of nitriles is 1. The predicted molar refractivity (Wildman–Crippen MR) is 79.3 cm³/mol. The molecule has 0 aliphatic rings. The third-order valence-electron chi connectivity index (χ3n) is 2.76. The first kappa shape index (κ1) is 14.0. The lowest BCUT2D eigenvalue weighted by atomic mass is 10.1. The molecule has 2 aromatic carbocycles. The highest BCUT2D eigenvalue weighted by molar-refractivity contribution is 9.10. The molecule has 1 N–H and O–H groups in total. The summed E-state index contributed by atoms with van der Waals surface area (Å²) in [4.78, 5) is 10.5. The third-order valence-corrected chi connectivity index (χ3v) is 3.25. The van der Waals surface area contributed by atoms with Gasteiger partial charge in [0, 0.05) is 22.6 Å². The molecule has 100 valence electrons. The maximum atomic E-state index is 10.9. The second-order valence-electron chi connectivity index (χ2n) is 4.04. The van der Waals surface area contributed by atoms with Crippen LogP contribution in [0.5, 0.6) is 0 Å². The number of nitro benzene ring substituents is 1. The minimum atomic E-state index is -0.414. The van der Waals surface area contributed by atoms with Gasteiger partial charge in [0.2, 0.25) is 0 Å². The van der Waals surface area contributed by atoms with E-state index in [1.807, 2.05) is 0 Å². The molecule has 0 heterocycles. The van der Waals surface area contributed by atoms with Crippen LogP contribution in [0.2, 0.25) is 0 Å². The smallest absolute Gasteiger partial charge is 0.274 e. The summed E-state index contributed by atoms with van der Waals surface area (Å²) in [6, 6.07) is 13.8. The van der Waals surface area contributed by atoms with E-state index in [0.717, 1.165) is 4.47 Å². The number of nitro groups is 1. The van der Waals surface area contributed by atoms with Crippen LogP contribution in [0.25, 0.3) is 0 Å². The van der Waals surface area contributed by atoms with Crippen LogP contribution in [0.1, 0.15) is 11.1 Å². The van der Waals surface area contributed by atoms with Crippen molar-refractivity contribution in [1.82, 2.24) is 0 Å². The molecule has 0 aromatic heterocycles. The standard InChI is InChI=1S/C14H10BrN3O2/c15-12-6-5-10(8-16)13(7-12)17-9-11-3-1-2-4-14(11)18(19)20/h1-7,17H,9H2. The Bertz CT molecular complexity index is 695. The first-order chi connectivity index (χ1) is 9.61. The van der Waals surface area contributed by atoms with Crippen LogP contribution in [0.4, 0.5) is 11.4 Å². The van der Waals surface area contributed by atoms with Crippen molar-refractivity contribution in [1.29, 1.82) is 5.26 Å². The summed E-state index contributed by atoms with van der Waals surface area (Å²) in [7, 11) is 0. The van der Waals surface area contributed by atoms with E-state index in [1.54, 1.807) is 36.4 Å². The van der Waals surface area contributed by atoms with Crippen LogP contribution < -0.4 is 5.32 Å². The number of hydrogen-bond acceptors (Lipinski definition) is 4. The summed E-state index contributed by atoms with van der Waals surface area (Å²) in [5.74, 6) is 0. The molecule has 0 spiro atoms. The fourth-order valence-electron chi connectivity index (χ4n) is 1.79. The average Bonchev–Trinajstić information content (AvgIpc) is 2.45. The SMILES string of the molecule is N#Cc1ccc(Br)cc1NCc1ccccc1[N+](=O)[O-]. The van der Waals surface area contributed by atoms with Crippen molar-refractivity contribution in [3.63, 3.8) is 0 Å². The van der Waals surface area contributed by atoms with Gasteiger partial charge in [-0.1, -0.05) is 34.1 Å². The fourth-order valence-corrected chi connectivity index (χ4v) is 2.15. The highest BCUT2D eigenvalue weighted by atomic mass is 79.9. The minimum absolute atomic E-state index is 0.0634. The van der Waals surface area contributed by atoms with Gasteiger partial charge in [0.1, 0.15) is 6.07 Å². The predicted octanol–water partition coefficient (Wildman–Crippen LogP) is 3.84. The molecule has 2 rings (SSSR count). The van der Waals surface area contributed by atoms with Crippen LogP contribution in [-0.4, -0.2) is 4.92 Å². The number of rotatable bonds is 4. The Morgan fingerprint density at radius 1 is 1.30 bits per heavy atom. The summed E-state index contributed by atoms with van der Waals surface area (Å²) < 4.78 is 0.835. The average molecular weight is 332 g/mol. The highest BCUT2D eigenvalue weighted by Gasteiger charge is 2.12. The van der Waals surface area contributed by atoms with Gasteiger partial charge >= 0.3 is 0 Å². The second-order valence-corrected chi connectivity index (χ2v) is 4.96. The van der Waals surface area contributed by atoms with Crippen molar-refractivity contribution in [3.05, 3.63) is 68.2 Å². The van der Waals surface area contributed by atoms with Gasteiger partial charge in [-0.2, -0.15) is 5.26 Å². The lowest BCUT2D eigenvalue weighted by Crippen LogP contribution is -2.04. The molecule has 0 radical (unpaired) electrons. The number of hydrogen-bond donors (Lipinski definition) is 1. The zero-order valence-electron chi connectivity index (χ0n) is 10.3. The number of nitrogens with one attached hydrogen (secondary N) is 1. The molecule has 2 aromatic rings. The Balaban J connectivity index is 2.24. The second kappa shape index (κ2) is 6.17. The van der Waals surface area contributed by atoms with Gasteiger partial charge in [0.15, 0.2) is 0 Å². The normalized spacial score (nSPS) is 9.80. The zero-order valence-corrected chi connectivity index (χ0v) is 11.9. The summed E-state index contributed by atoms with van der Waals surface area (Å²) >= 11 is 3.33. The van der Waals surface area contributed by atoms with Crippen LogP contribution in [0.3, 0.4) is 0 Å². The van der Waals surface area contributed by atoms with E-state index in [4.69, 9.17) is 5.26 Å². The van der Waals surface area contributed by atoms with Crippen molar-refractivity contribution in [2.75, 3.05) is 5.32 Å². The Labute approximate surface area is 124 Å². The van der Waals surface area contributed by atoms with Crippen molar-refractivity contribution >= 4 is 27.3 Å². The quantitative estimate of drug-likeness (QED) is 0.681. The number of para-hydroxylation sites is 1. The molecular weight excluding hydrogens is 322 g/mol. The zero-order chi connectivity index (χ0) is 14.5. The van der Waals surface area contributed by atoms with E-state index in [2.05, 4.69) is 27.3 Å². The van der Waals surface area contributed by atoms with Gasteiger partial charge in [0.25, 0.3) is 5.69 Å². The Hall–Kier alpha value is -2.39. The molecule has 0 saturated carbocycles. The number of halogens is 1. The van der Waals surface area contributed by atoms with Crippen molar-refractivity contribution in [2.24, 2.45) is 0 Å². The van der Waals surface area contributed by atoms with E-state index in [1.165, 1.54) is 6.07 Å². The number of benzene rings is 2. The highest BCUT2D eigenvalue weighted by Crippen LogP contribution is 2.23. The molecule has 0 unspecified atom stereocenters. The van der Waals surface area contributed by atoms with E-state index >= 15 is 0 Å². The molecule has 6 heteroatoms. The van der Waals surface area contributed by atoms with Gasteiger partial charge in [-0.05, 0) is 18.2 Å². The van der Waals surface area contributed by atoms with Gasteiger partial charge in [-0.3, -0.25) is 10.1 Å². The van der Waals surface area contributed by atoms with E-state index < -0.39 is 4.92 Å². The summed E-state index contributed by atoms with van der Waals surface area (Å²) in [5.41, 5.74) is 1.77. The molecule has 0 bridgehead atoms. The van der Waals surface area contributed by atoms with E-state index in [0.29, 0.717) is 16.8 Å². The first-order valence-corrected chi connectivity index (χ1v) is 6.57. The van der Waals surface area contributed by atoms with Crippen LogP contribution in [-0.2, 0) is 6.54 Å². The number of anilines is 1. The van der Waals surface area contributed by atoms with Crippen molar-refractivity contribution in [3.8, 4) is 6.07 Å². The fraction of sp³-hybridized carbons (Fsp3) is 0.0714. The molecule has 5 nitrogen and oxygen atoms in total. The van der Waals surface area contributed by atoms with Crippen LogP contribution >= 0.6 is 15.9 Å². The molecule has 20 heavy (non-hydrogen) atoms. The topological polar surface area (TPSA) is 79.0 Å². The van der Waals surface area contributed by atoms with Crippen molar-refractivity contribution < 1.29 is 4.92 Å². The van der Waals surface area contributed by atoms with Crippen LogP contribution in [0.15, 0.2) is 46.9 Å². The van der Waals surface area contributed by atoms with Gasteiger partial charge < -0.3 is 5.32 Å². The lowest BCUT2D eigenvalue weighted by molar-refractivity contribution is -0.385. The Kier molecular flexibility index (Phi) is 4.33. The molecule has 0 aliphatic carbocycles. The van der Waals surface area contributed by atoms with Gasteiger partial charge in [-0.25, -0.2) is 0 Å². The van der Waals surface area contributed by atoms with E-state index in [9.17, 15) is 10.1 Å². The van der Waals surface area contributed by atoms with Gasteiger partial charge in [-0.15, -0.1) is 0 Å². The summed E-state index contributed by atoms with van der Waals surface area (Å²) in [5, 5.41) is 23.0. The largest absolute Gasteiger partial charge is 0.380 e. The molecule has 0 fully saturated rings.